The Kier molecular flexibility index (Phi) is 6.32. The van der Waals surface area contributed by atoms with Gasteiger partial charge in [0, 0.05) is 12.8 Å². The maximum Gasteiger partial charge on any atom is 0.0769 e. The molecule has 0 aromatic heterocycles. The zero-order valence-corrected chi connectivity index (χ0v) is 8.82. The van der Waals surface area contributed by atoms with Crippen LogP contribution in [0.2, 0.25) is 0 Å². The van der Waals surface area contributed by atoms with Gasteiger partial charge in [-0.1, -0.05) is 0 Å². The van der Waals surface area contributed by atoms with E-state index in [0.29, 0.717) is 19.4 Å². The van der Waals surface area contributed by atoms with Crippen LogP contribution in [0.5, 0.6) is 0 Å². The summed E-state index contributed by atoms with van der Waals surface area (Å²) in [5.41, 5.74) is -0.248. The fraction of sp³-hybridized carbons (Fsp3) is 0.800. The zero-order valence-electron chi connectivity index (χ0n) is 8.82. The molecule has 0 aliphatic rings. The Morgan fingerprint density at radius 1 is 1.14 bits per heavy atom. The van der Waals surface area contributed by atoms with Gasteiger partial charge >= 0.3 is 0 Å². The Hall–Kier alpha value is -1.42. The summed E-state index contributed by atoms with van der Waals surface area (Å²) in [7, 11) is 0. The molecule has 4 heteroatoms. The highest BCUT2D eigenvalue weighted by Crippen LogP contribution is 2.16. The molecule has 0 aromatic rings. The van der Waals surface area contributed by atoms with Gasteiger partial charge in [0.1, 0.15) is 0 Å². The molecule has 0 amide bonds. The van der Waals surface area contributed by atoms with Crippen molar-refractivity contribution in [2.24, 2.45) is 10.2 Å². The third-order valence-electron chi connectivity index (χ3n) is 1.74. The van der Waals surface area contributed by atoms with Crippen LogP contribution in [0.1, 0.15) is 39.5 Å². The Morgan fingerprint density at radius 2 is 1.79 bits per heavy atom. The highest BCUT2D eigenvalue weighted by Gasteiger charge is 2.15. The molecule has 4 nitrogen and oxygen atoms in total. The lowest BCUT2D eigenvalue weighted by molar-refractivity contribution is 0.455. The van der Waals surface area contributed by atoms with Crippen LogP contribution >= 0.6 is 0 Å². The van der Waals surface area contributed by atoms with Crippen molar-refractivity contribution >= 4 is 0 Å². The van der Waals surface area contributed by atoms with E-state index in [2.05, 4.69) is 22.4 Å². The smallest absolute Gasteiger partial charge is 0.0769 e. The van der Waals surface area contributed by atoms with Crippen LogP contribution < -0.4 is 0 Å². The molecule has 0 radical (unpaired) electrons. The molecule has 0 saturated carbocycles. The lowest BCUT2D eigenvalue weighted by atomic mass is 10.0. The summed E-state index contributed by atoms with van der Waals surface area (Å²) in [5.74, 6) is 0. The van der Waals surface area contributed by atoms with Crippen molar-refractivity contribution in [1.29, 1.82) is 10.5 Å². The summed E-state index contributed by atoms with van der Waals surface area (Å²) in [4.78, 5) is 0. The molecular formula is C10H16N4. The minimum atomic E-state index is -0.248. The molecule has 0 aromatic carbocycles. The van der Waals surface area contributed by atoms with Crippen LogP contribution in [0.3, 0.4) is 0 Å². The number of hydrogen-bond acceptors (Lipinski definition) is 4. The predicted molar refractivity (Wildman–Crippen MR) is 53.5 cm³/mol. The third kappa shape index (κ3) is 7.24. The van der Waals surface area contributed by atoms with Gasteiger partial charge < -0.3 is 0 Å². The lowest BCUT2D eigenvalue weighted by Crippen LogP contribution is -2.15. The van der Waals surface area contributed by atoms with Crippen LogP contribution in [-0.2, 0) is 0 Å². The molecule has 0 bridgehead atoms. The van der Waals surface area contributed by atoms with E-state index in [9.17, 15) is 0 Å². The molecule has 76 valence electrons. The molecule has 0 fully saturated rings. The van der Waals surface area contributed by atoms with Crippen LogP contribution in [0.4, 0.5) is 0 Å². The predicted octanol–water partition coefficient (Wildman–Crippen LogP) is 2.82. The average Bonchev–Trinajstić information content (AvgIpc) is 2.15. The Labute approximate surface area is 85.3 Å². The van der Waals surface area contributed by atoms with Crippen LogP contribution in [0.15, 0.2) is 10.2 Å². The van der Waals surface area contributed by atoms with E-state index in [0.717, 1.165) is 12.8 Å². The van der Waals surface area contributed by atoms with Gasteiger partial charge in [-0.3, -0.25) is 0 Å². The minimum absolute atomic E-state index is 0.248. The summed E-state index contributed by atoms with van der Waals surface area (Å²) in [5, 5.41) is 24.8. The molecular weight excluding hydrogens is 176 g/mol. The first-order valence-electron chi connectivity index (χ1n) is 4.75. The normalized spacial score (nSPS) is 11.1. The average molecular weight is 192 g/mol. The van der Waals surface area contributed by atoms with Crippen molar-refractivity contribution in [1.82, 2.24) is 0 Å². The number of azo groups is 1. The van der Waals surface area contributed by atoms with Gasteiger partial charge in [0.05, 0.1) is 24.2 Å². The minimum Gasteiger partial charge on any atom is -0.198 e. The molecule has 0 unspecified atom stereocenters. The number of hydrogen-bond donors (Lipinski definition) is 0. The standard InChI is InChI=1S/C10H16N4/c1-10(2,6-5-8-12)14-13-9-4-3-7-11/h3-6,9H2,1-2H3. The molecule has 0 heterocycles. The Balaban J connectivity index is 3.73. The Morgan fingerprint density at radius 3 is 2.36 bits per heavy atom. The molecule has 0 atom stereocenters. The van der Waals surface area contributed by atoms with Gasteiger partial charge in [-0.05, 0) is 26.7 Å². The van der Waals surface area contributed by atoms with Gasteiger partial charge in [0.2, 0.25) is 0 Å². The van der Waals surface area contributed by atoms with Crippen molar-refractivity contribution in [3.63, 3.8) is 0 Å². The summed E-state index contributed by atoms with van der Waals surface area (Å²) >= 11 is 0. The highest BCUT2D eigenvalue weighted by atomic mass is 15.1. The first-order valence-corrected chi connectivity index (χ1v) is 4.75. The van der Waals surface area contributed by atoms with E-state index in [1.807, 2.05) is 13.8 Å². The number of nitriles is 2. The molecule has 0 rings (SSSR count). The van der Waals surface area contributed by atoms with Gasteiger partial charge in [0.25, 0.3) is 0 Å². The molecule has 0 saturated heterocycles. The first-order chi connectivity index (χ1) is 6.62. The van der Waals surface area contributed by atoms with E-state index >= 15 is 0 Å². The number of nitrogens with zero attached hydrogens (tertiary/aromatic N) is 4. The van der Waals surface area contributed by atoms with Gasteiger partial charge in [-0.15, -0.1) is 0 Å². The quantitative estimate of drug-likeness (QED) is 0.479. The van der Waals surface area contributed by atoms with Crippen molar-refractivity contribution < 1.29 is 0 Å². The van der Waals surface area contributed by atoms with Gasteiger partial charge in [-0.25, -0.2) is 0 Å². The van der Waals surface area contributed by atoms with Crippen LogP contribution in [0, 0.1) is 22.7 Å². The maximum absolute atomic E-state index is 8.41. The lowest BCUT2D eigenvalue weighted by Gasteiger charge is -2.15. The van der Waals surface area contributed by atoms with Crippen molar-refractivity contribution in [2.75, 3.05) is 6.54 Å². The second-order valence-electron chi connectivity index (χ2n) is 3.70. The molecule has 0 N–H and O–H groups in total. The highest BCUT2D eigenvalue weighted by molar-refractivity contribution is 4.81. The van der Waals surface area contributed by atoms with Crippen molar-refractivity contribution in [3.8, 4) is 12.1 Å². The van der Waals surface area contributed by atoms with Crippen molar-refractivity contribution in [3.05, 3.63) is 0 Å². The number of rotatable bonds is 6. The maximum atomic E-state index is 8.41. The summed E-state index contributed by atoms with van der Waals surface area (Å²) in [6, 6.07) is 4.14. The second kappa shape index (κ2) is 7.03. The second-order valence-corrected chi connectivity index (χ2v) is 3.70. The summed E-state index contributed by atoms with van der Waals surface area (Å²) < 4.78 is 0. The largest absolute Gasteiger partial charge is 0.198 e. The Bertz CT molecular complexity index is 254. The first kappa shape index (κ1) is 12.6. The van der Waals surface area contributed by atoms with Crippen molar-refractivity contribution in [2.45, 2.75) is 45.1 Å². The van der Waals surface area contributed by atoms with Gasteiger partial charge in [-0.2, -0.15) is 20.8 Å². The van der Waals surface area contributed by atoms with Crippen LogP contribution in [-0.4, -0.2) is 12.1 Å². The molecule has 0 spiro atoms. The van der Waals surface area contributed by atoms with Gasteiger partial charge in [0.15, 0.2) is 0 Å². The summed E-state index contributed by atoms with van der Waals surface area (Å²) in [6.07, 6.45) is 2.52. The van der Waals surface area contributed by atoms with E-state index in [1.54, 1.807) is 0 Å². The molecule has 0 aliphatic heterocycles. The third-order valence-corrected chi connectivity index (χ3v) is 1.74. The summed E-state index contributed by atoms with van der Waals surface area (Å²) in [6.45, 7) is 4.51. The fourth-order valence-electron chi connectivity index (χ4n) is 0.882. The van der Waals surface area contributed by atoms with E-state index in [-0.39, 0.29) is 5.54 Å². The number of unbranched alkanes of at least 4 members (excludes halogenated alkanes) is 1. The fourth-order valence-corrected chi connectivity index (χ4v) is 0.882. The topological polar surface area (TPSA) is 72.3 Å². The zero-order chi connectivity index (χ0) is 10.9. The van der Waals surface area contributed by atoms with E-state index in [4.69, 9.17) is 10.5 Å². The molecule has 0 aliphatic carbocycles. The van der Waals surface area contributed by atoms with E-state index < -0.39 is 0 Å². The van der Waals surface area contributed by atoms with E-state index in [1.165, 1.54) is 0 Å². The SMILES string of the molecule is CC(C)(CCC#N)N=NCCCC#N. The molecule has 14 heavy (non-hydrogen) atoms. The monoisotopic (exact) mass is 192 g/mol. The van der Waals surface area contributed by atoms with Crippen LogP contribution in [0.25, 0.3) is 0 Å².